The molecule has 0 aliphatic heterocycles. The first-order valence-electron chi connectivity index (χ1n) is 6.41. The van der Waals surface area contributed by atoms with Gasteiger partial charge >= 0.3 is 0 Å². The molecule has 0 unspecified atom stereocenters. The fourth-order valence-electron chi connectivity index (χ4n) is 2.46. The van der Waals surface area contributed by atoms with Crippen molar-refractivity contribution in [2.75, 3.05) is 0 Å². The van der Waals surface area contributed by atoms with E-state index in [-0.39, 0.29) is 5.82 Å². The zero-order valence-electron chi connectivity index (χ0n) is 10.5. The van der Waals surface area contributed by atoms with E-state index in [2.05, 4.69) is 34.1 Å². The molecule has 1 aliphatic carbocycles. The van der Waals surface area contributed by atoms with E-state index in [4.69, 9.17) is 0 Å². The fraction of sp³-hybridized carbons (Fsp3) is 0.250. The van der Waals surface area contributed by atoms with Gasteiger partial charge in [-0.05, 0) is 70.1 Å². The summed E-state index contributed by atoms with van der Waals surface area (Å²) >= 11 is 5.08. The standard InChI is InChI=1S/C16H14BrFS/c17-16-13(5-2-6-15(16)18)10-19-14-8-7-11-3-1-4-12(11)9-14/h2,5-9H,1,3-4,10H2. The summed E-state index contributed by atoms with van der Waals surface area (Å²) in [5.74, 6) is 0.601. The van der Waals surface area contributed by atoms with Crippen LogP contribution in [0.1, 0.15) is 23.1 Å². The molecule has 0 nitrogen and oxygen atoms in total. The van der Waals surface area contributed by atoms with E-state index >= 15 is 0 Å². The van der Waals surface area contributed by atoms with Crippen molar-refractivity contribution in [1.82, 2.24) is 0 Å². The van der Waals surface area contributed by atoms with Gasteiger partial charge in [0.05, 0.1) is 4.47 Å². The van der Waals surface area contributed by atoms with Gasteiger partial charge in [-0.2, -0.15) is 0 Å². The molecule has 2 aromatic carbocycles. The van der Waals surface area contributed by atoms with Gasteiger partial charge < -0.3 is 0 Å². The van der Waals surface area contributed by atoms with Crippen molar-refractivity contribution in [3.05, 3.63) is 63.4 Å². The number of fused-ring (bicyclic) bond motifs is 1. The summed E-state index contributed by atoms with van der Waals surface area (Å²) in [4.78, 5) is 1.27. The molecule has 0 saturated carbocycles. The first-order chi connectivity index (χ1) is 9.24. The normalized spacial score (nSPS) is 13.6. The summed E-state index contributed by atoms with van der Waals surface area (Å²) in [5.41, 5.74) is 3.99. The molecule has 0 heterocycles. The molecular formula is C16H14BrFS. The fourth-order valence-corrected chi connectivity index (χ4v) is 4.00. The van der Waals surface area contributed by atoms with Crippen LogP contribution in [-0.2, 0) is 18.6 Å². The molecule has 3 rings (SSSR count). The SMILES string of the molecule is Fc1cccc(CSc2ccc3c(c2)CCC3)c1Br. The average Bonchev–Trinajstić information content (AvgIpc) is 2.88. The van der Waals surface area contributed by atoms with E-state index in [0.29, 0.717) is 4.47 Å². The summed E-state index contributed by atoms with van der Waals surface area (Å²) in [6, 6.07) is 11.9. The van der Waals surface area contributed by atoms with Crippen LogP contribution in [0.3, 0.4) is 0 Å². The lowest BCUT2D eigenvalue weighted by atomic mass is 10.1. The maximum atomic E-state index is 13.4. The topological polar surface area (TPSA) is 0 Å². The van der Waals surface area contributed by atoms with E-state index in [1.807, 2.05) is 6.07 Å². The summed E-state index contributed by atoms with van der Waals surface area (Å²) < 4.78 is 14.0. The lowest BCUT2D eigenvalue weighted by molar-refractivity contribution is 0.619. The van der Waals surface area contributed by atoms with Gasteiger partial charge in [0.1, 0.15) is 5.82 Å². The van der Waals surface area contributed by atoms with Crippen LogP contribution in [0.2, 0.25) is 0 Å². The number of benzene rings is 2. The monoisotopic (exact) mass is 336 g/mol. The van der Waals surface area contributed by atoms with E-state index in [1.54, 1.807) is 17.8 Å². The predicted molar refractivity (Wildman–Crippen MR) is 82.1 cm³/mol. The highest BCUT2D eigenvalue weighted by atomic mass is 79.9. The second-order valence-corrected chi connectivity index (χ2v) is 6.63. The minimum absolute atomic E-state index is 0.188. The summed E-state index contributed by atoms with van der Waals surface area (Å²) in [6.07, 6.45) is 3.70. The molecule has 0 saturated heterocycles. The Kier molecular flexibility index (Phi) is 3.94. The predicted octanol–water partition coefficient (Wildman–Crippen LogP) is 5.37. The average molecular weight is 337 g/mol. The summed E-state index contributed by atoms with van der Waals surface area (Å²) in [5, 5.41) is 0. The number of aryl methyl sites for hydroxylation is 2. The number of hydrogen-bond acceptors (Lipinski definition) is 1. The minimum Gasteiger partial charge on any atom is -0.206 e. The molecule has 1 aliphatic rings. The van der Waals surface area contributed by atoms with Gasteiger partial charge in [-0.1, -0.05) is 18.2 Å². The van der Waals surface area contributed by atoms with Gasteiger partial charge in [-0.3, -0.25) is 0 Å². The second kappa shape index (κ2) is 5.68. The third kappa shape index (κ3) is 2.87. The largest absolute Gasteiger partial charge is 0.206 e. The molecule has 0 bridgehead atoms. The zero-order valence-corrected chi connectivity index (χ0v) is 12.9. The molecule has 0 aromatic heterocycles. The van der Waals surface area contributed by atoms with Crippen LogP contribution in [0.5, 0.6) is 0 Å². The van der Waals surface area contributed by atoms with Crippen molar-refractivity contribution < 1.29 is 4.39 Å². The Labute approximate surface area is 125 Å². The Morgan fingerprint density at radius 1 is 1.11 bits per heavy atom. The molecule has 0 fully saturated rings. The molecule has 98 valence electrons. The first kappa shape index (κ1) is 13.2. The van der Waals surface area contributed by atoms with Crippen LogP contribution < -0.4 is 0 Å². The molecule has 0 N–H and O–H groups in total. The quantitative estimate of drug-likeness (QED) is 0.679. The Morgan fingerprint density at radius 3 is 2.84 bits per heavy atom. The van der Waals surface area contributed by atoms with E-state index < -0.39 is 0 Å². The van der Waals surface area contributed by atoms with Crippen LogP contribution in [0.15, 0.2) is 45.8 Å². The second-order valence-electron chi connectivity index (χ2n) is 4.79. The maximum absolute atomic E-state index is 13.4. The molecule has 0 spiro atoms. The third-order valence-electron chi connectivity index (χ3n) is 3.50. The van der Waals surface area contributed by atoms with Gasteiger partial charge in [-0.25, -0.2) is 4.39 Å². The molecule has 0 radical (unpaired) electrons. The van der Waals surface area contributed by atoms with Gasteiger partial charge in [0.25, 0.3) is 0 Å². The van der Waals surface area contributed by atoms with E-state index in [9.17, 15) is 4.39 Å². The van der Waals surface area contributed by atoms with Gasteiger partial charge in [0.2, 0.25) is 0 Å². The Morgan fingerprint density at radius 2 is 1.95 bits per heavy atom. The van der Waals surface area contributed by atoms with Crippen LogP contribution in [0.4, 0.5) is 4.39 Å². The zero-order chi connectivity index (χ0) is 13.2. The highest BCUT2D eigenvalue weighted by Crippen LogP contribution is 2.31. The van der Waals surface area contributed by atoms with Gasteiger partial charge in [0.15, 0.2) is 0 Å². The Hall–Kier alpha value is -0.800. The van der Waals surface area contributed by atoms with E-state index in [0.717, 1.165) is 11.3 Å². The number of halogens is 2. The van der Waals surface area contributed by atoms with Crippen molar-refractivity contribution in [3.63, 3.8) is 0 Å². The smallest absolute Gasteiger partial charge is 0.137 e. The molecule has 0 atom stereocenters. The minimum atomic E-state index is -0.188. The van der Waals surface area contributed by atoms with E-state index in [1.165, 1.54) is 41.4 Å². The highest BCUT2D eigenvalue weighted by molar-refractivity contribution is 9.10. The lowest BCUT2D eigenvalue weighted by Gasteiger charge is -2.07. The molecule has 3 heteroatoms. The van der Waals surface area contributed by atoms with Crippen molar-refractivity contribution in [2.45, 2.75) is 29.9 Å². The summed E-state index contributed by atoms with van der Waals surface area (Å²) in [6.45, 7) is 0. The van der Waals surface area contributed by atoms with Crippen LogP contribution in [-0.4, -0.2) is 0 Å². The number of rotatable bonds is 3. The first-order valence-corrected chi connectivity index (χ1v) is 8.19. The molecule has 2 aromatic rings. The van der Waals surface area contributed by atoms with Crippen molar-refractivity contribution in [2.24, 2.45) is 0 Å². The van der Waals surface area contributed by atoms with Gasteiger partial charge in [0, 0.05) is 10.6 Å². The van der Waals surface area contributed by atoms with Crippen LogP contribution >= 0.6 is 27.7 Å². The lowest BCUT2D eigenvalue weighted by Crippen LogP contribution is -1.88. The summed E-state index contributed by atoms with van der Waals surface area (Å²) in [7, 11) is 0. The van der Waals surface area contributed by atoms with Crippen molar-refractivity contribution in [1.29, 1.82) is 0 Å². The Bertz CT molecular complexity index is 610. The maximum Gasteiger partial charge on any atom is 0.137 e. The molecular weight excluding hydrogens is 323 g/mol. The molecule has 0 amide bonds. The number of hydrogen-bond donors (Lipinski definition) is 0. The Balaban J connectivity index is 1.74. The van der Waals surface area contributed by atoms with Crippen molar-refractivity contribution >= 4 is 27.7 Å². The van der Waals surface area contributed by atoms with Crippen molar-refractivity contribution in [3.8, 4) is 0 Å². The third-order valence-corrected chi connectivity index (χ3v) is 5.43. The number of thioether (sulfide) groups is 1. The van der Waals surface area contributed by atoms with Crippen LogP contribution in [0.25, 0.3) is 0 Å². The molecule has 19 heavy (non-hydrogen) atoms. The van der Waals surface area contributed by atoms with Gasteiger partial charge in [-0.15, -0.1) is 11.8 Å². The highest BCUT2D eigenvalue weighted by Gasteiger charge is 2.11. The van der Waals surface area contributed by atoms with Crippen LogP contribution in [0, 0.1) is 5.82 Å².